The van der Waals surface area contributed by atoms with Gasteiger partial charge in [-0.2, -0.15) is 0 Å². The molecular weight excluding hydrogens is 365 g/mol. The number of esters is 1. The summed E-state index contributed by atoms with van der Waals surface area (Å²) in [5.41, 5.74) is 0.895. The second-order valence-electron chi connectivity index (χ2n) is 4.77. The highest BCUT2D eigenvalue weighted by Gasteiger charge is 2.10. The van der Waals surface area contributed by atoms with E-state index >= 15 is 0 Å². The lowest BCUT2D eigenvalue weighted by Crippen LogP contribution is -2.30. The van der Waals surface area contributed by atoms with Gasteiger partial charge in [0, 0.05) is 11.0 Å². The van der Waals surface area contributed by atoms with Gasteiger partial charge < -0.3 is 10.1 Å². The Bertz CT molecular complexity index is 688. The molecule has 0 aliphatic carbocycles. The second-order valence-corrected chi connectivity index (χ2v) is 5.69. The summed E-state index contributed by atoms with van der Waals surface area (Å²) in [6, 6.07) is 13.0. The Morgan fingerprint density at radius 1 is 1.09 bits per heavy atom. The van der Waals surface area contributed by atoms with Crippen molar-refractivity contribution in [1.29, 1.82) is 0 Å². The molecule has 0 fully saturated rings. The number of nitrogens with one attached hydrogen (secondary N) is 1. The Morgan fingerprint density at radius 3 is 2.48 bits per heavy atom. The maximum Gasteiger partial charge on any atom is 0.338 e. The summed E-state index contributed by atoms with van der Waals surface area (Å²) in [4.78, 5) is 23.4. The van der Waals surface area contributed by atoms with E-state index in [1.807, 2.05) is 0 Å². The molecule has 1 N–H and O–H groups in total. The molecule has 0 radical (unpaired) electrons. The normalized spacial score (nSPS) is 10.2. The molecule has 120 valence electrons. The topological polar surface area (TPSA) is 55.4 Å². The first-order valence-electron chi connectivity index (χ1n) is 6.99. The zero-order valence-corrected chi connectivity index (χ0v) is 13.8. The minimum atomic E-state index is -0.568. The third-order valence-electron chi connectivity index (χ3n) is 3.09. The molecule has 0 unspecified atom stereocenters. The van der Waals surface area contributed by atoms with E-state index in [0.717, 1.165) is 4.47 Å². The Morgan fingerprint density at radius 2 is 1.78 bits per heavy atom. The smallest absolute Gasteiger partial charge is 0.338 e. The van der Waals surface area contributed by atoms with Gasteiger partial charge in [0.15, 0.2) is 6.61 Å². The van der Waals surface area contributed by atoms with Crippen LogP contribution in [0.1, 0.15) is 15.9 Å². The van der Waals surface area contributed by atoms with E-state index in [1.54, 1.807) is 42.5 Å². The monoisotopic (exact) mass is 379 g/mol. The Hall–Kier alpha value is -2.21. The lowest BCUT2D eigenvalue weighted by molar-refractivity contribution is -0.124. The summed E-state index contributed by atoms with van der Waals surface area (Å²) in [7, 11) is 0. The van der Waals surface area contributed by atoms with Gasteiger partial charge >= 0.3 is 5.97 Å². The predicted octanol–water partition coefficient (Wildman–Crippen LogP) is 3.10. The lowest BCUT2D eigenvalue weighted by atomic mass is 10.1. The van der Waals surface area contributed by atoms with Crippen molar-refractivity contribution in [3.05, 3.63) is 69.9 Å². The first kappa shape index (κ1) is 17.1. The number of halogens is 2. The van der Waals surface area contributed by atoms with Crippen molar-refractivity contribution in [2.45, 2.75) is 6.42 Å². The fraction of sp³-hybridized carbons (Fsp3) is 0.176. The van der Waals surface area contributed by atoms with E-state index in [4.69, 9.17) is 4.74 Å². The van der Waals surface area contributed by atoms with Crippen molar-refractivity contribution in [3.8, 4) is 0 Å². The van der Waals surface area contributed by atoms with Crippen molar-refractivity contribution in [3.63, 3.8) is 0 Å². The van der Waals surface area contributed by atoms with Gasteiger partial charge in [-0.15, -0.1) is 0 Å². The summed E-state index contributed by atoms with van der Waals surface area (Å²) < 4.78 is 19.2. The molecule has 6 heteroatoms. The van der Waals surface area contributed by atoms with Crippen LogP contribution in [0.3, 0.4) is 0 Å². The lowest BCUT2D eigenvalue weighted by Gasteiger charge is -2.07. The van der Waals surface area contributed by atoms with Gasteiger partial charge in [0.2, 0.25) is 0 Å². The first-order chi connectivity index (χ1) is 11.1. The van der Waals surface area contributed by atoms with Gasteiger partial charge in [0.05, 0.1) is 5.56 Å². The van der Waals surface area contributed by atoms with Crippen LogP contribution in [-0.2, 0) is 16.0 Å². The molecule has 0 bridgehead atoms. The van der Waals surface area contributed by atoms with Crippen LogP contribution in [-0.4, -0.2) is 25.0 Å². The molecule has 0 heterocycles. The first-order valence-corrected chi connectivity index (χ1v) is 7.78. The number of benzene rings is 2. The molecule has 0 atom stereocenters. The molecule has 1 amide bonds. The van der Waals surface area contributed by atoms with Crippen molar-refractivity contribution in [2.75, 3.05) is 13.2 Å². The summed E-state index contributed by atoms with van der Waals surface area (Å²) >= 11 is 3.27. The Balaban J connectivity index is 1.72. The van der Waals surface area contributed by atoms with Gasteiger partial charge in [-0.3, -0.25) is 4.79 Å². The van der Waals surface area contributed by atoms with Crippen molar-refractivity contribution in [1.82, 2.24) is 5.32 Å². The van der Waals surface area contributed by atoms with Gasteiger partial charge in [-0.05, 0) is 42.3 Å². The van der Waals surface area contributed by atoms with Crippen LogP contribution in [0.5, 0.6) is 0 Å². The van der Waals surface area contributed by atoms with Crippen LogP contribution < -0.4 is 5.32 Å². The molecular formula is C17H15BrFNO3. The molecule has 0 aromatic heterocycles. The molecule has 4 nitrogen and oxygen atoms in total. The standard InChI is InChI=1S/C17H15BrFNO3/c18-14-7-5-13(6-8-14)17(22)23-11-16(21)20-10-9-12-3-1-2-4-15(12)19/h1-8H,9-11H2,(H,20,21). The molecule has 2 rings (SSSR count). The number of carbonyl (C=O) groups excluding carboxylic acids is 2. The molecule has 0 saturated carbocycles. The van der Waals surface area contributed by atoms with Crippen molar-refractivity contribution in [2.24, 2.45) is 0 Å². The van der Waals surface area contributed by atoms with Gasteiger partial charge in [0.25, 0.3) is 5.91 Å². The number of hydrogen-bond acceptors (Lipinski definition) is 3. The average Bonchev–Trinajstić information content (AvgIpc) is 2.55. The third kappa shape index (κ3) is 5.49. The summed E-state index contributed by atoms with van der Waals surface area (Å²) in [6.07, 6.45) is 0.374. The number of ether oxygens (including phenoxy) is 1. The SMILES string of the molecule is O=C(COC(=O)c1ccc(Br)cc1)NCCc1ccccc1F. The fourth-order valence-corrected chi connectivity index (χ4v) is 2.15. The highest BCUT2D eigenvalue weighted by atomic mass is 79.9. The second kappa shape index (κ2) is 8.43. The van der Waals surface area contributed by atoms with Gasteiger partial charge in [-0.1, -0.05) is 34.1 Å². The van der Waals surface area contributed by atoms with Crippen LogP contribution in [0.25, 0.3) is 0 Å². The summed E-state index contributed by atoms with van der Waals surface area (Å²) in [5, 5.41) is 2.58. The average molecular weight is 380 g/mol. The van der Waals surface area contributed by atoms with Crippen LogP contribution in [0.15, 0.2) is 53.0 Å². The van der Waals surface area contributed by atoms with Crippen molar-refractivity contribution >= 4 is 27.8 Å². The highest BCUT2D eigenvalue weighted by Crippen LogP contribution is 2.11. The maximum atomic E-state index is 13.4. The van der Waals surface area contributed by atoms with E-state index in [0.29, 0.717) is 17.5 Å². The van der Waals surface area contributed by atoms with Crippen LogP contribution in [0.4, 0.5) is 4.39 Å². The Kier molecular flexibility index (Phi) is 6.29. The molecule has 0 spiro atoms. The van der Waals surface area contributed by atoms with E-state index in [-0.39, 0.29) is 19.0 Å². The van der Waals surface area contributed by atoms with Crippen molar-refractivity contribution < 1.29 is 18.7 Å². The van der Waals surface area contributed by atoms with Crippen LogP contribution in [0.2, 0.25) is 0 Å². The van der Waals surface area contributed by atoms with E-state index in [9.17, 15) is 14.0 Å². The van der Waals surface area contributed by atoms with E-state index in [2.05, 4.69) is 21.2 Å². The number of amides is 1. The van der Waals surface area contributed by atoms with Crippen LogP contribution in [0, 0.1) is 5.82 Å². The fourth-order valence-electron chi connectivity index (χ4n) is 1.89. The van der Waals surface area contributed by atoms with E-state index in [1.165, 1.54) is 6.07 Å². The third-order valence-corrected chi connectivity index (χ3v) is 3.62. The number of carbonyl (C=O) groups is 2. The largest absolute Gasteiger partial charge is 0.452 e. The molecule has 23 heavy (non-hydrogen) atoms. The zero-order chi connectivity index (χ0) is 16.7. The number of hydrogen-bond donors (Lipinski definition) is 1. The quantitative estimate of drug-likeness (QED) is 0.784. The molecule has 0 aliphatic heterocycles. The molecule has 2 aromatic carbocycles. The predicted molar refractivity (Wildman–Crippen MR) is 87.5 cm³/mol. The number of rotatable bonds is 6. The zero-order valence-electron chi connectivity index (χ0n) is 12.2. The molecule has 2 aromatic rings. The van der Waals surface area contributed by atoms with Gasteiger partial charge in [0.1, 0.15) is 5.82 Å². The highest BCUT2D eigenvalue weighted by molar-refractivity contribution is 9.10. The minimum Gasteiger partial charge on any atom is -0.452 e. The molecule has 0 saturated heterocycles. The maximum absolute atomic E-state index is 13.4. The van der Waals surface area contributed by atoms with E-state index < -0.39 is 11.9 Å². The summed E-state index contributed by atoms with van der Waals surface area (Å²) in [6.45, 7) is -0.0955. The van der Waals surface area contributed by atoms with Crippen LogP contribution >= 0.6 is 15.9 Å². The Labute approximate surface area is 141 Å². The summed E-state index contributed by atoms with van der Waals surface area (Å²) in [5.74, 6) is -1.29. The van der Waals surface area contributed by atoms with Gasteiger partial charge in [-0.25, -0.2) is 9.18 Å². The minimum absolute atomic E-state index is 0.273. The molecule has 0 aliphatic rings.